The summed E-state index contributed by atoms with van der Waals surface area (Å²) in [5.74, 6) is 1.49. The highest BCUT2D eigenvalue weighted by Crippen LogP contribution is 2.28. The first-order valence-corrected chi connectivity index (χ1v) is 9.45. The van der Waals surface area contributed by atoms with E-state index in [-0.39, 0.29) is 0 Å². The van der Waals surface area contributed by atoms with Crippen molar-refractivity contribution in [1.82, 2.24) is 10.2 Å². The maximum Gasteiger partial charge on any atom is 0.117 e. The number of likely N-dealkylation sites (tertiary alicyclic amines) is 1. The number of piperidine rings is 1. The molecule has 1 N–H and O–H groups in total. The van der Waals surface area contributed by atoms with Gasteiger partial charge in [0.15, 0.2) is 0 Å². The summed E-state index contributed by atoms with van der Waals surface area (Å²) in [6.45, 7) is 4.01. The molecule has 3 heteroatoms. The molecule has 1 aliphatic heterocycles. The second-order valence-corrected chi connectivity index (χ2v) is 7.09. The summed E-state index contributed by atoms with van der Waals surface area (Å²) in [6.07, 6.45) is 2.89. The van der Waals surface area contributed by atoms with Crippen molar-refractivity contribution in [3.05, 3.63) is 95.9 Å². The highest BCUT2D eigenvalue weighted by Gasteiger charge is 2.30. The lowest BCUT2D eigenvalue weighted by atomic mass is 9.85. The molecule has 3 aromatic rings. The molecule has 0 unspecified atom stereocenters. The Kier molecular flexibility index (Phi) is 5.48. The van der Waals surface area contributed by atoms with Crippen LogP contribution in [0.1, 0.15) is 29.2 Å². The summed E-state index contributed by atoms with van der Waals surface area (Å²) < 4.78 is 5.49. The van der Waals surface area contributed by atoms with Gasteiger partial charge >= 0.3 is 0 Å². The highest BCUT2D eigenvalue weighted by molar-refractivity contribution is 5.23. The SMILES string of the molecule is c1ccc(CN2CC[C@@H](NCc3ccco3)[C@@H](c3ccccc3)C2)cc1. The number of furan rings is 1. The zero-order valence-electron chi connectivity index (χ0n) is 15.1. The molecule has 0 aliphatic carbocycles. The van der Waals surface area contributed by atoms with E-state index in [1.54, 1.807) is 6.26 Å². The topological polar surface area (TPSA) is 28.4 Å². The van der Waals surface area contributed by atoms with Crippen molar-refractivity contribution >= 4 is 0 Å². The molecule has 1 aliphatic rings. The fourth-order valence-electron chi connectivity index (χ4n) is 3.93. The quantitative estimate of drug-likeness (QED) is 0.716. The van der Waals surface area contributed by atoms with E-state index in [9.17, 15) is 0 Å². The van der Waals surface area contributed by atoms with Gasteiger partial charge in [-0.05, 0) is 29.7 Å². The standard InChI is InChI=1S/C23H26N2O/c1-3-8-19(9-4-1)17-25-14-13-23(24-16-21-12-7-15-26-21)22(18-25)20-10-5-2-6-11-20/h1-12,15,22-24H,13-14,16-18H2/t22-,23-/m1/s1. The molecule has 3 nitrogen and oxygen atoms in total. The largest absolute Gasteiger partial charge is 0.468 e. The second kappa shape index (κ2) is 8.35. The van der Waals surface area contributed by atoms with Crippen molar-refractivity contribution in [2.24, 2.45) is 0 Å². The molecule has 0 spiro atoms. The van der Waals surface area contributed by atoms with Crippen LogP contribution in [0.15, 0.2) is 83.5 Å². The summed E-state index contributed by atoms with van der Waals surface area (Å²) in [4.78, 5) is 2.58. The molecule has 0 amide bonds. The van der Waals surface area contributed by atoms with Crippen LogP contribution < -0.4 is 5.32 Å². The third kappa shape index (κ3) is 4.24. The van der Waals surface area contributed by atoms with Gasteiger partial charge in [-0.3, -0.25) is 4.90 Å². The van der Waals surface area contributed by atoms with Crippen LogP contribution in [-0.4, -0.2) is 24.0 Å². The van der Waals surface area contributed by atoms with Gasteiger partial charge in [0, 0.05) is 31.6 Å². The third-order valence-corrected chi connectivity index (χ3v) is 5.29. The molecule has 0 radical (unpaired) electrons. The minimum absolute atomic E-state index is 0.467. The number of nitrogens with zero attached hydrogens (tertiary/aromatic N) is 1. The molecule has 134 valence electrons. The van der Waals surface area contributed by atoms with Crippen LogP contribution in [0.25, 0.3) is 0 Å². The first kappa shape index (κ1) is 17.1. The van der Waals surface area contributed by atoms with E-state index in [2.05, 4.69) is 70.9 Å². The Morgan fingerprint density at radius 1 is 0.923 bits per heavy atom. The fraction of sp³-hybridized carbons (Fsp3) is 0.304. The third-order valence-electron chi connectivity index (χ3n) is 5.29. The Balaban J connectivity index is 1.46. The first-order chi connectivity index (χ1) is 12.9. The smallest absolute Gasteiger partial charge is 0.117 e. The number of benzene rings is 2. The van der Waals surface area contributed by atoms with Crippen LogP contribution in [0.2, 0.25) is 0 Å². The Bertz CT molecular complexity index is 770. The van der Waals surface area contributed by atoms with E-state index in [1.165, 1.54) is 11.1 Å². The van der Waals surface area contributed by atoms with Crippen molar-refractivity contribution in [2.45, 2.75) is 31.5 Å². The van der Waals surface area contributed by atoms with Crippen molar-refractivity contribution in [3.8, 4) is 0 Å². The van der Waals surface area contributed by atoms with Gasteiger partial charge in [-0.1, -0.05) is 60.7 Å². The van der Waals surface area contributed by atoms with E-state index < -0.39 is 0 Å². The molecule has 2 aromatic carbocycles. The summed E-state index contributed by atoms with van der Waals surface area (Å²) in [6, 6.07) is 26.2. The molecule has 26 heavy (non-hydrogen) atoms. The highest BCUT2D eigenvalue weighted by atomic mass is 16.3. The van der Waals surface area contributed by atoms with Crippen molar-refractivity contribution in [2.75, 3.05) is 13.1 Å². The average Bonchev–Trinajstić information content (AvgIpc) is 3.22. The summed E-state index contributed by atoms with van der Waals surface area (Å²) in [7, 11) is 0. The Hall–Kier alpha value is -2.36. The lowest BCUT2D eigenvalue weighted by Crippen LogP contribution is -2.47. The predicted octanol–water partition coefficient (Wildman–Crippen LogP) is 4.43. The van der Waals surface area contributed by atoms with Crippen molar-refractivity contribution < 1.29 is 4.42 Å². The molecule has 0 saturated carbocycles. The number of rotatable bonds is 6. The van der Waals surface area contributed by atoms with Gasteiger partial charge in [0.2, 0.25) is 0 Å². The van der Waals surface area contributed by atoms with E-state index in [0.717, 1.165) is 38.4 Å². The lowest BCUT2D eigenvalue weighted by Gasteiger charge is -2.39. The summed E-state index contributed by atoms with van der Waals surface area (Å²) in [5.41, 5.74) is 2.81. The summed E-state index contributed by atoms with van der Waals surface area (Å²) in [5, 5.41) is 3.74. The molecular weight excluding hydrogens is 320 g/mol. The molecule has 2 atom stereocenters. The zero-order chi connectivity index (χ0) is 17.6. The van der Waals surface area contributed by atoms with E-state index in [4.69, 9.17) is 4.42 Å². The molecule has 1 aromatic heterocycles. The summed E-state index contributed by atoms with van der Waals surface area (Å²) >= 11 is 0. The zero-order valence-corrected chi connectivity index (χ0v) is 15.1. The van der Waals surface area contributed by atoms with E-state index in [0.29, 0.717) is 12.0 Å². The fourth-order valence-corrected chi connectivity index (χ4v) is 3.93. The van der Waals surface area contributed by atoms with Crippen LogP contribution in [0.4, 0.5) is 0 Å². The molecule has 2 heterocycles. The monoisotopic (exact) mass is 346 g/mol. The van der Waals surface area contributed by atoms with Crippen LogP contribution in [-0.2, 0) is 13.1 Å². The number of hydrogen-bond donors (Lipinski definition) is 1. The van der Waals surface area contributed by atoms with Crippen molar-refractivity contribution in [1.29, 1.82) is 0 Å². The first-order valence-electron chi connectivity index (χ1n) is 9.45. The minimum Gasteiger partial charge on any atom is -0.468 e. The Morgan fingerprint density at radius 3 is 2.42 bits per heavy atom. The number of nitrogens with one attached hydrogen (secondary N) is 1. The lowest BCUT2D eigenvalue weighted by molar-refractivity contribution is 0.165. The van der Waals surface area contributed by atoms with E-state index >= 15 is 0 Å². The van der Waals surface area contributed by atoms with Gasteiger partial charge in [0.1, 0.15) is 5.76 Å². The number of hydrogen-bond acceptors (Lipinski definition) is 3. The molecule has 1 fully saturated rings. The van der Waals surface area contributed by atoms with Crippen LogP contribution >= 0.6 is 0 Å². The predicted molar refractivity (Wildman–Crippen MR) is 105 cm³/mol. The van der Waals surface area contributed by atoms with Gasteiger partial charge in [-0.25, -0.2) is 0 Å². The maximum absolute atomic E-state index is 5.49. The van der Waals surface area contributed by atoms with Gasteiger partial charge < -0.3 is 9.73 Å². The van der Waals surface area contributed by atoms with Gasteiger partial charge in [-0.15, -0.1) is 0 Å². The van der Waals surface area contributed by atoms with Gasteiger partial charge in [0.05, 0.1) is 12.8 Å². The molecule has 0 bridgehead atoms. The van der Waals surface area contributed by atoms with Gasteiger partial charge in [-0.2, -0.15) is 0 Å². The molecule has 1 saturated heterocycles. The van der Waals surface area contributed by atoms with Crippen molar-refractivity contribution in [3.63, 3.8) is 0 Å². The minimum atomic E-state index is 0.467. The maximum atomic E-state index is 5.49. The van der Waals surface area contributed by atoms with Crippen LogP contribution in [0, 0.1) is 0 Å². The Labute approximate surface area is 155 Å². The van der Waals surface area contributed by atoms with Gasteiger partial charge in [0.25, 0.3) is 0 Å². The van der Waals surface area contributed by atoms with Crippen LogP contribution in [0.3, 0.4) is 0 Å². The van der Waals surface area contributed by atoms with Crippen LogP contribution in [0.5, 0.6) is 0 Å². The normalized spacial score (nSPS) is 20.9. The average molecular weight is 346 g/mol. The molecule has 4 rings (SSSR count). The Morgan fingerprint density at radius 2 is 1.69 bits per heavy atom. The second-order valence-electron chi connectivity index (χ2n) is 7.09. The molecular formula is C23H26N2O. The van der Waals surface area contributed by atoms with E-state index in [1.807, 2.05) is 12.1 Å².